The summed E-state index contributed by atoms with van der Waals surface area (Å²) in [5.41, 5.74) is 1.78. The molecule has 0 atom stereocenters. The number of carbonyl (C=O) groups excluding carboxylic acids is 1. The van der Waals surface area contributed by atoms with Crippen LogP contribution in [0.1, 0.15) is 19.4 Å². The van der Waals surface area contributed by atoms with E-state index in [-0.39, 0.29) is 17.9 Å². The molecule has 104 valence electrons. The van der Waals surface area contributed by atoms with Gasteiger partial charge in [0.15, 0.2) is 0 Å². The van der Waals surface area contributed by atoms with E-state index in [4.69, 9.17) is 0 Å². The largest absolute Gasteiger partial charge is 0.395 e. The highest BCUT2D eigenvalue weighted by atomic mass is 16.3. The Kier molecular flexibility index (Phi) is 3.92. The summed E-state index contributed by atoms with van der Waals surface area (Å²) < 4.78 is 0. The summed E-state index contributed by atoms with van der Waals surface area (Å²) in [7, 11) is 1.96. The molecule has 0 aliphatic carbocycles. The summed E-state index contributed by atoms with van der Waals surface area (Å²) in [6.07, 6.45) is 0. The first-order valence-corrected chi connectivity index (χ1v) is 6.64. The molecule has 4 nitrogen and oxygen atoms in total. The van der Waals surface area contributed by atoms with E-state index in [2.05, 4.69) is 0 Å². The van der Waals surface area contributed by atoms with E-state index in [1.54, 1.807) is 0 Å². The van der Waals surface area contributed by atoms with Gasteiger partial charge in [-0.05, 0) is 24.7 Å². The molecule has 0 aromatic heterocycles. The third-order valence-corrected chi connectivity index (χ3v) is 3.77. The zero-order valence-corrected chi connectivity index (χ0v) is 11.9. The molecule has 0 spiro atoms. The molecule has 1 amide bonds. The average molecular weight is 262 g/mol. The monoisotopic (exact) mass is 262 g/mol. The van der Waals surface area contributed by atoms with E-state index >= 15 is 0 Å². The van der Waals surface area contributed by atoms with Crippen LogP contribution in [0.3, 0.4) is 0 Å². The summed E-state index contributed by atoms with van der Waals surface area (Å²) in [6.45, 7) is 6.23. The maximum atomic E-state index is 12.0. The molecule has 1 aromatic carbocycles. The van der Waals surface area contributed by atoms with Gasteiger partial charge in [-0.1, -0.05) is 26.0 Å². The molecule has 1 aliphatic rings. The highest BCUT2D eigenvalue weighted by Crippen LogP contribution is 2.25. The molecule has 0 radical (unpaired) electrons. The number of piperazine rings is 1. The van der Waals surface area contributed by atoms with E-state index in [0.717, 1.165) is 24.3 Å². The zero-order chi connectivity index (χ0) is 14.0. The lowest BCUT2D eigenvalue weighted by atomic mass is 9.85. The van der Waals surface area contributed by atoms with E-state index in [0.29, 0.717) is 6.54 Å². The number of carbonyl (C=O) groups is 1. The van der Waals surface area contributed by atoms with Crippen LogP contribution >= 0.6 is 0 Å². The SMILES string of the molecule is CN1CCN(c2ccc(C(C)(C)CO)cc2)C(=O)C1. The number of anilines is 1. The van der Waals surface area contributed by atoms with E-state index in [1.807, 2.05) is 55.0 Å². The van der Waals surface area contributed by atoms with Crippen molar-refractivity contribution in [2.24, 2.45) is 0 Å². The molecule has 0 saturated carbocycles. The van der Waals surface area contributed by atoms with Gasteiger partial charge in [0.05, 0.1) is 13.2 Å². The van der Waals surface area contributed by atoms with Crippen LogP contribution in [0.25, 0.3) is 0 Å². The highest BCUT2D eigenvalue weighted by Gasteiger charge is 2.24. The van der Waals surface area contributed by atoms with Gasteiger partial charge >= 0.3 is 0 Å². The van der Waals surface area contributed by atoms with Gasteiger partial charge < -0.3 is 10.0 Å². The first-order chi connectivity index (χ1) is 8.94. The molecule has 1 aliphatic heterocycles. The number of rotatable bonds is 3. The van der Waals surface area contributed by atoms with Gasteiger partial charge in [-0.25, -0.2) is 0 Å². The minimum Gasteiger partial charge on any atom is -0.395 e. The Morgan fingerprint density at radius 3 is 2.37 bits per heavy atom. The maximum Gasteiger partial charge on any atom is 0.241 e. The molecule has 1 fully saturated rings. The lowest BCUT2D eigenvalue weighted by molar-refractivity contribution is -0.120. The Balaban J connectivity index is 2.17. The van der Waals surface area contributed by atoms with Crippen LogP contribution in [0.15, 0.2) is 24.3 Å². The van der Waals surface area contributed by atoms with E-state index in [1.165, 1.54) is 0 Å². The standard InChI is InChI=1S/C15H22N2O2/c1-15(2,11-18)12-4-6-13(7-5-12)17-9-8-16(3)10-14(17)19/h4-7,18H,8-11H2,1-3H3. The predicted molar refractivity (Wildman–Crippen MR) is 76.4 cm³/mol. The smallest absolute Gasteiger partial charge is 0.241 e. The maximum absolute atomic E-state index is 12.0. The minimum atomic E-state index is -0.245. The number of nitrogens with zero attached hydrogens (tertiary/aromatic N) is 2. The fraction of sp³-hybridized carbons (Fsp3) is 0.533. The third kappa shape index (κ3) is 2.96. The molecular formula is C15H22N2O2. The molecule has 1 aromatic rings. The Morgan fingerprint density at radius 1 is 1.21 bits per heavy atom. The Hall–Kier alpha value is -1.39. The highest BCUT2D eigenvalue weighted by molar-refractivity contribution is 5.95. The van der Waals surface area contributed by atoms with Gasteiger partial charge in [0.25, 0.3) is 0 Å². The Bertz CT molecular complexity index is 454. The lowest BCUT2D eigenvalue weighted by Gasteiger charge is -2.32. The second-order valence-corrected chi connectivity index (χ2v) is 5.87. The molecular weight excluding hydrogens is 240 g/mol. The topological polar surface area (TPSA) is 43.8 Å². The summed E-state index contributed by atoms with van der Waals surface area (Å²) in [4.78, 5) is 15.8. The number of likely N-dealkylation sites (N-methyl/N-ethyl adjacent to an activating group) is 1. The summed E-state index contributed by atoms with van der Waals surface area (Å²) in [6, 6.07) is 7.93. The molecule has 1 saturated heterocycles. The zero-order valence-electron chi connectivity index (χ0n) is 11.9. The van der Waals surface area contributed by atoms with Crippen molar-refractivity contribution in [1.29, 1.82) is 0 Å². The molecule has 2 rings (SSSR count). The Morgan fingerprint density at radius 2 is 1.84 bits per heavy atom. The number of aliphatic hydroxyl groups excluding tert-OH is 1. The van der Waals surface area contributed by atoms with Gasteiger partial charge in [-0.2, -0.15) is 0 Å². The van der Waals surface area contributed by atoms with Crippen molar-refractivity contribution in [3.8, 4) is 0 Å². The average Bonchev–Trinajstić information content (AvgIpc) is 2.39. The minimum absolute atomic E-state index is 0.111. The summed E-state index contributed by atoms with van der Waals surface area (Å²) in [5.74, 6) is 0.142. The van der Waals surface area contributed by atoms with Crippen LogP contribution in [0.4, 0.5) is 5.69 Å². The van der Waals surface area contributed by atoms with Gasteiger partial charge in [-0.3, -0.25) is 9.69 Å². The van der Waals surface area contributed by atoms with Crippen LogP contribution in [0.2, 0.25) is 0 Å². The molecule has 19 heavy (non-hydrogen) atoms. The second-order valence-electron chi connectivity index (χ2n) is 5.87. The molecule has 4 heteroatoms. The first kappa shape index (κ1) is 14.0. The van der Waals surface area contributed by atoms with Crippen LogP contribution in [-0.2, 0) is 10.2 Å². The van der Waals surface area contributed by atoms with Crippen molar-refractivity contribution in [1.82, 2.24) is 4.90 Å². The number of hydrogen-bond acceptors (Lipinski definition) is 3. The molecule has 0 unspecified atom stereocenters. The quantitative estimate of drug-likeness (QED) is 0.891. The van der Waals surface area contributed by atoms with Crippen LogP contribution in [0.5, 0.6) is 0 Å². The number of aliphatic hydroxyl groups is 1. The van der Waals surface area contributed by atoms with Crippen LogP contribution < -0.4 is 4.90 Å². The molecule has 0 bridgehead atoms. The molecule has 1 N–H and O–H groups in total. The van der Waals surface area contributed by atoms with E-state index < -0.39 is 0 Å². The fourth-order valence-corrected chi connectivity index (χ4v) is 2.25. The van der Waals surface area contributed by atoms with Crippen LogP contribution in [-0.4, -0.2) is 49.2 Å². The Labute approximate surface area is 114 Å². The van der Waals surface area contributed by atoms with Crippen molar-refractivity contribution in [3.05, 3.63) is 29.8 Å². The fourth-order valence-electron chi connectivity index (χ4n) is 2.25. The van der Waals surface area contributed by atoms with Crippen molar-refractivity contribution >= 4 is 11.6 Å². The summed E-state index contributed by atoms with van der Waals surface area (Å²) in [5, 5.41) is 9.37. The third-order valence-electron chi connectivity index (χ3n) is 3.77. The van der Waals surface area contributed by atoms with Gasteiger partial charge in [0.2, 0.25) is 5.91 Å². The second kappa shape index (κ2) is 5.31. The van der Waals surface area contributed by atoms with Crippen LogP contribution in [0, 0.1) is 0 Å². The van der Waals surface area contributed by atoms with Gasteiger partial charge in [-0.15, -0.1) is 0 Å². The first-order valence-electron chi connectivity index (χ1n) is 6.64. The van der Waals surface area contributed by atoms with Crippen molar-refractivity contribution in [3.63, 3.8) is 0 Å². The number of benzene rings is 1. The van der Waals surface area contributed by atoms with E-state index in [9.17, 15) is 9.90 Å². The predicted octanol–water partition coefficient (Wildman–Crippen LogP) is 1.23. The van der Waals surface area contributed by atoms with Gasteiger partial charge in [0.1, 0.15) is 0 Å². The van der Waals surface area contributed by atoms with Crippen molar-refractivity contribution < 1.29 is 9.90 Å². The lowest BCUT2D eigenvalue weighted by Crippen LogP contribution is -2.48. The number of hydrogen-bond donors (Lipinski definition) is 1. The molecule has 1 heterocycles. The van der Waals surface area contributed by atoms with Crippen molar-refractivity contribution in [2.45, 2.75) is 19.3 Å². The summed E-state index contributed by atoms with van der Waals surface area (Å²) >= 11 is 0. The van der Waals surface area contributed by atoms with Gasteiger partial charge in [0, 0.05) is 24.2 Å². The normalized spacial score (nSPS) is 17.9. The van der Waals surface area contributed by atoms with Crippen molar-refractivity contribution in [2.75, 3.05) is 38.2 Å². The number of amides is 1.